The maximum atomic E-state index is 11.5. The number of anilines is 3. The topological polar surface area (TPSA) is 118 Å². The Kier molecular flexibility index (Phi) is 4.10. The van der Waals surface area contributed by atoms with Crippen molar-refractivity contribution in [3.63, 3.8) is 0 Å². The van der Waals surface area contributed by atoms with Gasteiger partial charge in [-0.25, -0.2) is 9.97 Å². The molecule has 1 saturated heterocycles. The number of amides is 1. The molecule has 1 amide bonds. The van der Waals surface area contributed by atoms with Crippen LogP contribution in [-0.4, -0.2) is 40.0 Å². The average molecular weight is 299 g/mol. The number of hydrogen-bond donors (Lipinski definition) is 4. The Balaban J connectivity index is 1.85. The minimum absolute atomic E-state index is 0.0962. The number of nitrogens with two attached hydrogens (primary N) is 1. The third-order valence-electron chi connectivity index (χ3n) is 3.34. The summed E-state index contributed by atoms with van der Waals surface area (Å²) >= 11 is 0. The molecular formula is C14H17N7O. The van der Waals surface area contributed by atoms with Crippen LogP contribution in [0.1, 0.15) is 16.9 Å². The minimum Gasteiger partial charge on any atom is -0.365 e. The molecule has 2 aromatic rings. The molecule has 1 atom stereocenters. The summed E-state index contributed by atoms with van der Waals surface area (Å²) in [5.74, 6) is 0.287. The first-order valence-corrected chi connectivity index (χ1v) is 7.03. The summed E-state index contributed by atoms with van der Waals surface area (Å²) in [6.07, 6.45) is 5.84. The number of pyridine rings is 1. The summed E-state index contributed by atoms with van der Waals surface area (Å²) in [5.41, 5.74) is 6.16. The molecule has 1 fully saturated rings. The van der Waals surface area contributed by atoms with E-state index in [-0.39, 0.29) is 5.69 Å². The summed E-state index contributed by atoms with van der Waals surface area (Å²) in [6.45, 7) is 1.86. The number of carbonyl (C=O) groups excluding carboxylic acids is 1. The first-order chi connectivity index (χ1) is 10.7. The van der Waals surface area contributed by atoms with Crippen LogP contribution in [0.15, 0.2) is 30.7 Å². The fourth-order valence-corrected chi connectivity index (χ4v) is 2.29. The summed E-state index contributed by atoms with van der Waals surface area (Å²) in [6, 6.07) is 3.91. The number of carbonyl (C=O) groups is 1. The number of nitrogens with zero attached hydrogens (tertiary/aromatic N) is 3. The molecule has 1 aliphatic rings. The highest BCUT2D eigenvalue weighted by atomic mass is 16.1. The molecule has 8 nitrogen and oxygen atoms in total. The van der Waals surface area contributed by atoms with Gasteiger partial charge in [-0.1, -0.05) is 0 Å². The molecule has 3 heterocycles. The molecule has 8 heteroatoms. The molecule has 0 bridgehead atoms. The minimum atomic E-state index is -0.632. The van der Waals surface area contributed by atoms with Crippen LogP contribution in [0, 0.1) is 0 Å². The van der Waals surface area contributed by atoms with E-state index >= 15 is 0 Å². The smallest absolute Gasteiger partial charge is 0.271 e. The van der Waals surface area contributed by atoms with Gasteiger partial charge in [0.05, 0.1) is 18.1 Å². The van der Waals surface area contributed by atoms with Crippen molar-refractivity contribution in [2.75, 3.05) is 23.7 Å². The van der Waals surface area contributed by atoms with E-state index in [4.69, 9.17) is 5.73 Å². The number of hydrogen-bond acceptors (Lipinski definition) is 7. The van der Waals surface area contributed by atoms with Gasteiger partial charge < -0.3 is 21.7 Å². The quantitative estimate of drug-likeness (QED) is 0.634. The molecule has 22 heavy (non-hydrogen) atoms. The van der Waals surface area contributed by atoms with E-state index in [0.717, 1.165) is 19.5 Å². The van der Waals surface area contributed by atoms with Crippen LogP contribution < -0.4 is 21.7 Å². The number of nitrogens with one attached hydrogen (secondary N) is 3. The molecule has 3 rings (SSSR count). The van der Waals surface area contributed by atoms with Gasteiger partial charge in [0.15, 0.2) is 11.5 Å². The first kappa shape index (κ1) is 14.2. The lowest BCUT2D eigenvalue weighted by molar-refractivity contribution is 0.0996. The van der Waals surface area contributed by atoms with Crippen LogP contribution in [0.25, 0.3) is 0 Å². The van der Waals surface area contributed by atoms with Gasteiger partial charge in [0, 0.05) is 18.8 Å². The van der Waals surface area contributed by atoms with Gasteiger partial charge in [-0.05, 0) is 25.1 Å². The van der Waals surface area contributed by atoms with Crippen molar-refractivity contribution in [1.29, 1.82) is 0 Å². The lowest BCUT2D eigenvalue weighted by atomic mass is 10.2. The maximum absolute atomic E-state index is 11.5. The van der Waals surface area contributed by atoms with Crippen molar-refractivity contribution in [2.45, 2.75) is 12.5 Å². The Hall–Kier alpha value is -2.74. The van der Waals surface area contributed by atoms with E-state index in [9.17, 15) is 4.79 Å². The molecule has 114 valence electrons. The molecule has 2 aromatic heterocycles. The molecule has 0 radical (unpaired) electrons. The number of aromatic nitrogens is 3. The van der Waals surface area contributed by atoms with E-state index < -0.39 is 5.91 Å². The third kappa shape index (κ3) is 3.29. The summed E-state index contributed by atoms with van der Waals surface area (Å²) in [5, 5.41) is 9.58. The highest BCUT2D eigenvalue weighted by molar-refractivity contribution is 5.96. The Morgan fingerprint density at radius 3 is 3.00 bits per heavy atom. The lowest BCUT2D eigenvalue weighted by Gasteiger charge is -2.14. The van der Waals surface area contributed by atoms with Crippen molar-refractivity contribution in [3.8, 4) is 0 Å². The molecule has 5 N–H and O–H groups in total. The second-order valence-corrected chi connectivity index (χ2v) is 5.02. The van der Waals surface area contributed by atoms with Crippen molar-refractivity contribution in [2.24, 2.45) is 5.73 Å². The molecular weight excluding hydrogens is 282 g/mol. The predicted octanol–water partition coefficient (Wildman–Crippen LogP) is 0.488. The predicted molar refractivity (Wildman–Crippen MR) is 83.0 cm³/mol. The van der Waals surface area contributed by atoms with Gasteiger partial charge in [-0.15, -0.1) is 0 Å². The van der Waals surface area contributed by atoms with Crippen molar-refractivity contribution in [3.05, 3.63) is 36.4 Å². The monoisotopic (exact) mass is 299 g/mol. The molecule has 0 saturated carbocycles. The summed E-state index contributed by atoms with van der Waals surface area (Å²) < 4.78 is 0. The highest BCUT2D eigenvalue weighted by Crippen LogP contribution is 2.19. The first-order valence-electron chi connectivity index (χ1n) is 7.03. The normalized spacial score (nSPS) is 17.2. The molecule has 0 aliphatic carbocycles. The zero-order valence-corrected chi connectivity index (χ0v) is 11.9. The van der Waals surface area contributed by atoms with Crippen LogP contribution in [0.4, 0.5) is 17.3 Å². The van der Waals surface area contributed by atoms with Gasteiger partial charge in [-0.2, -0.15) is 0 Å². The van der Waals surface area contributed by atoms with Gasteiger partial charge in [-0.3, -0.25) is 9.78 Å². The van der Waals surface area contributed by atoms with E-state index in [2.05, 4.69) is 30.9 Å². The van der Waals surface area contributed by atoms with Crippen LogP contribution in [0.2, 0.25) is 0 Å². The number of rotatable bonds is 5. The summed E-state index contributed by atoms with van der Waals surface area (Å²) in [7, 11) is 0. The second-order valence-electron chi connectivity index (χ2n) is 5.02. The Bertz CT molecular complexity index is 655. The van der Waals surface area contributed by atoms with E-state index in [1.54, 1.807) is 18.5 Å². The van der Waals surface area contributed by atoms with E-state index in [1.807, 2.05) is 6.07 Å². The van der Waals surface area contributed by atoms with Crippen molar-refractivity contribution >= 4 is 23.2 Å². The van der Waals surface area contributed by atoms with E-state index in [1.165, 1.54) is 6.20 Å². The SMILES string of the molecule is NC(=O)c1ncc(NC2CCNC2)nc1Nc1cccnc1. The average Bonchev–Trinajstić information content (AvgIpc) is 3.01. The lowest BCUT2D eigenvalue weighted by Crippen LogP contribution is -2.24. The van der Waals surface area contributed by atoms with Gasteiger partial charge in [0.2, 0.25) is 0 Å². The van der Waals surface area contributed by atoms with Crippen LogP contribution in [0.5, 0.6) is 0 Å². The van der Waals surface area contributed by atoms with Gasteiger partial charge in [0.1, 0.15) is 5.82 Å². The van der Waals surface area contributed by atoms with Crippen molar-refractivity contribution in [1.82, 2.24) is 20.3 Å². The zero-order valence-electron chi connectivity index (χ0n) is 11.9. The maximum Gasteiger partial charge on any atom is 0.271 e. The molecule has 0 aromatic carbocycles. The van der Waals surface area contributed by atoms with Gasteiger partial charge >= 0.3 is 0 Å². The fourth-order valence-electron chi connectivity index (χ4n) is 2.29. The zero-order chi connectivity index (χ0) is 15.4. The van der Waals surface area contributed by atoms with Crippen LogP contribution in [-0.2, 0) is 0 Å². The van der Waals surface area contributed by atoms with E-state index in [0.29, 0.717) is 23.4 Å². The highest BCUT2D eigenvalue weighted by Gasteiger charge is 2.17. The fraction of sp³-hybridized carbons (Fsp3) is 0.286. The summed E-state index contributed by atoms with van der Waals surface area (Å²) in [4.78, 5) is 24.0. The van der Waals surface area contributed by atoms with Crippen molar-refractivity contribution < 1.29 is 4.79 Å². The Morgan fingerprint density at radius 1 is 1.41 bits per heavy atom. The number of primary amides is 1. The standard InChI is InChI=1S/C14H17N7O/c15-13(22)12-14(20-9-2-1-4-16-6-9)21-11(8-18-12)19-10-3-5-17-7-10/h1-2,4,6,8,10,17H,3,5,7H2,(H2,15,22)(H2,19,20,21). The molecule has 1 unspecified atom stereocenters. The Labute approximate surface area is 127 Å². The largest absolute Gasteiger partial charge is 0.365 e. The van der Waals surface area contributed by atoms with Crippen LogP contribution >= 0.6 is 0 Å². The Morgan fingerprint density at radius 2 is 2.32 bits per heavy atom. The third-order valence-corrected chi connectivity index (χ3v) is 3.34. The molecule has 1 aliphatic heterocycles. The molecule has 0 spiro atoms. The van der Waals surface area contributed by atoms with Crippen LogP contribution in [0.3, 0.4) is 0 Å². The van der Waals surface area contributed by atoms with Gasteiger partial charge in [0.25, 0.3) is 5.91 Å². The second kappa shape index (κ2) is 6.35.